The van der Waals surface area contributed by atoms with Crippen molar-refractivity contribution in [3.05, 3.63) is 64.2 Å². The molecule has 1 amide bonds. The van der Waals surface area contributed by atoms with Crippen molar-refractivity contribution >= 4 is 23.5 Å². The molecule has 2 aliphatic heterocycles. The van der Waals surface area contributed by atoms with Crippen LogP contribution in [0.15, 0.2) is 35.6 Å². The number of likely N-dealkylation sites (tertiary alicyclic amines) is 1. The van der Waals surface area contributed by atoms with Crippen LogP contribution in [0, 0.1) is 11.8 Å². The monoisotopic (exact) mass is 598 g/mol. The highest BCUT2D eigenvalue weighted by atomic mass is 32.2. The molecule has 0 spiro atoms. The molecule has 6 rings (SSSR count). The molecule has 1 saturated heterocycles. The zero-order valence-electron chi connectivity index (χ0n) is 24.5. The van der Waals surface area contributed by atoms with Crippen LogP contribution in [-0.2, 0) is 31.7 Å². The van der Waals surface area contributed by atoms with E-state index >= 15 is 0 Å². The van der Waals surface area contributed by atoms with Crippen LogP contribution in [0.4, 0.5) is 19.0 Å². The van der Waals surface area contributed by atoms with Gasteiger partial charge in [-0.1, -0.05) is 20.8 Å². The summed E-state index contributed by atoms with van der Waals surface area (Å²) in [6, 6.07) is 6.85. The summed E-state index contributed by atoms with van der Waals surface area (Å²) < 4.78 is 45.2. The SMILES string of the molecule is CCSc1cc([C@]2(c3nncn3C)C[C@@H](C)C2)cc(N2Cc3c(cc(CN4CCC[C@H](C)C4)cc3C(F)(F)F)C2=O)n1. The first-order valence-electron chi connectivity index (χ1n) is 14.8. The Morgan fingerprint density at radius 2 is 1.90 bits per heavy atom. The van der Waals surface area contributed by atoms with E-state index in [0.717, 1.165) is 60.9 Å². The summed E-state index contributed by atoms with van der Waals surface area (Å²) >= 11 is 1.55. The normalized spacial score (nSPS) is 24.6. The van der Waals surface area contributed by atoms with Crippen LogP contribution in [0.3, 0.4) is 0 Å². The standard InChI is InChI=1S/C31H37F3N6OS/c1-5-42-27-12-22(30(13-20(3)14-30)29-37-35-18-38(29)4)11-26(36-27)40-17-24-23(28(40)41)9-21(10-25(24)31(32,33)34)16-39-8-6-7-19(2)15-39/h9-12,18-20H,5-8,13-17H2,1-4H3/t19-,20-,30+/m0/s1. The predicted molar refractivity (Wildman–Crippen MR) is 156 cm³/mol. The number of aromatic nitrogens is 4. The van der Waals surface area contributed by atoms with Crippen molar-refractivity contribution in [1.29, 1.82) is 0 Å². The third-order valence-electron chi connectivity index (χ3n) is 9.00. The Morgan fingerprint density at radius 3 is 2.55 bits per heavy atom. The lowest BCUT2D eigenvalue weighted by molar-refractivity contribution is -0.138. The minimum Gasteiger partial charge on any atom is -0.320 e. The number of hydrogen-bond acceptors (Lipinski definition) is 6. The number of piperidine rings is 1. The molecule has 0 bridgehead atoms. The number of hydrogen-bond donors (Lipinski definition) is 0. The molecule has 1 aromatic carbocycles. The van der Waals surface area contributed by atoms with Gasteiger partial charge in [-0.05, 0) is 90.8 Å². The Bertz CT molecular complexity index is 1500. The van der Waals surface area contributed by atoms with Crippen molar-refractivity contribution in [2.45, 2.75) is 76.2 Å². The first-order chi connectivity index (χ1) is 20.0. The number of halogens is 3. The number of alkyl halides is 3. The highest BCUT2D eigenvalue weighted by molar-refractivity contribution is 7.99. The molecular formula is C31H37F3N6OS. The number of amides is 1. The van der Waals surface area contributed by atoms with Gasteiger partial charge in [0.25, 0.3) is 5.91 Å². The van der Waals surface area contributed by atoms with Crippen LogP contribution in [0.2, 0.25) is 0 Å². The van der Waals surface area contributed by atoms with Gasteiger partial charge in [-0.3, -0.25) is 14.6 Å². The van der Waals surface area contributed by atoms with Crippen molar-refractivity contribution in [1.82, 2.24) is 24.6 Å². The molecule has 0 radical (unpaired) electrons. The van der Waals surface area contributed by atoms with Crippen molar-refractivity contribution in [3.8, 4) is 0 Å². The van der Waals surface area contributed by atoms with E-state index in [0.29, 0.717) is 29.8 Å². The molecule has 2 aromatic heterocycles. The number of pyridine rings is 1. The van der Waals surface area contributed by atoms with Crippen LogP contribution in [-0.4, -0.2) is 49.4 Å². The average molecular weight is 599 g/mol. The molecule has 2 fully saturated rings. The van der Waals surface area contributed by atoms with Gasteiger partial charge in [0.1, 0.15) is 18.0 Å². The fraction of sp³-hybridized carbons (Fsp3) is 0.548. The number of fused-ring (bicyclic) bond motifs is 1. The third-order valence-corrected chi connectivity index (χ3v) is 9.79. The Kier molecular flexibility index (Phi) is 7.62. The van der Waals surface area contributed by atoms with E-state index in [1.807, 2.05) is 30.7 Å². The Morgan fingerprint density at radius 1 is 1.12 bits per heavy atom. The third kappa shape index (κ3) is 5.23. The van der Waals surface area contributed by atoms with Crippen molar-refractivity contribution in [2.75, 3.05) is 23.7 Å². The molecule has 0 unspecified atom stereocenters. The molecule has 3 aromatic rings. The predicted octanol–water partition coefficient (Wildman–Crippen LogP) is 6.45. The van der Waals surface area contributed by atoms with Crippen LogP contribution in [0.1, 0.15) is 84.9 Å². The first kappa shape index (κ1) is 29.2. The van der Waals surface area contributed by atoms with Gasteiger partial charge in [0.05, 0.1) is 22.5 Å². The average Bonchev–Trinajstić information content (AvgIpc) is 3.49. The quantitative estimate of drug-likeness (QED) is 0.291. The van der Waals surface area contributed by atoms with E-state index in [1.54, 1.807) is 24.2 Å². The van der Waals surface area contributed by atoms with Gasteiger partial charge >= 0.3 is 6.18 Å². The van der Waals surface area contributed by atoms with Crippen molar-refractivity contribution in [3.63, 3.8) is 0 Å². The molecule has 1 saturated carbocycles. The largest absolute Gasteiger partial charge is 0.416 e. The molecule has 11 heteroatoms. The van der Waals surface area contributed by atoms with E-state index in [4.69, 9.17) is 4.98 Å². The number of aryl methyl sites for hydroxylation is 1. The van der Waals surface area contributed by atoms with Gasteiger partial charge in [0.2, 0.25) is 0 Å². The topological polar surface area (TPSA) is 67.2 Å². The summed E-state index contributed by atoms with van der Waals surface area (Å²) in [6.45, 7) is 8.33. The minimum absolute atomic E-state index is 0.0282. The zero-order valence-corrected chi connectivity index (χ0v) is 25.4. The summed E-state index contributed by atoms with van der Waals surface area (Å²) in [5.41, 5.74) is 0.536. The van der Waals surface area contributed by atoms with Gasteiger partial charge in [-0.15, -0.1) is 22.0 Å². The van der Waals surface area contributed by atoms with Crippen LogP contribution < -0.4 is 4.90 Å². The lowest BCUT2D eigenvalue weighted by Crippen LogP contribution is -2.43. The molecule has 1 aliphatic carbocycles. The number of anilines is 1. The summed E-state index contributed by atoms with van der Waals surface area (Å²) in [5, 5.41) is 9.31. The summed E-state index contributed by atoms with van der Waals surface area (Å²) in [7, 11) is 1.92. The van der Waals surface area contributed by atoms with E-state index in [2.05, 4.69) is 28.9 Å². The van der Waals surface area contributed by atoms with Gasteiger partial charge in [0.15, 0.2) is 0 Å². The number of carbonyl (C=O) groups is 1. The van der Waals surface area contributed by atoms with E-state index in [9.17, 15) is 18.0 Å². The maximum Gasteiger partial charge on any atom is 0.416 e. The molecule has 7 nitrogen and oxygen atoms in total. The fourth-order valence-electron chi connectivity index (χ4n) is 7.21. The summed E-state index contributed by atoms with van der Waals surface area (Å²) in [4.78, 5) is 22.3. The molecule has 4 heterocycles. The maximum atomic E-state index is 14.4. The Balaban J connectivity index is 1.40. The second kappa shape index (κ2) is 11.0. The molecule has 3 aliphatic rings. The molecular weight excluding hydrogens is 561 g/mol. The number of carbonyl (C=O) groups excluding carboxylic acids is 1. The Labute approximate surface area is 248 Å². The second-order valence-corrected chi connectivity index (χ2v) is 13.7. The maximum absolute atomic E-state index is 14.4. The summed E-state index contributed by atoms with van der Waals surface area (Å²) in [5.74, 6) is 2.55. The molecule has 0 N–H and O–H groups in total. The van der Waals surface area contributed by atoms with E-state index < -0.39 is 23.1 Å². The molecule has 42 heavy (non-hydrogen) atoms. The number of benzene rings is 1. The number of rotatable bonds is 7. The lowest BCUT2D eigenvalue weighted by atomic mass is 9.58. The first-order valence-corrected chi connectivity index (χ1v) is 15.7. The van der Waals surface area contributed by atoms with Crippen LogP contribution >= 0.6 is 11.8 Å². The second-order valence-electron chi connectivity index (χ2n) is 12.4. The van der Waals surface area contributed by atoms with Gasteiger partial charge in [-0.2, -0.15) is 13.2 Å². The van der Waals surface area contributed by atoms with Crippen LogP contribution in [0.25, 0.3) is 0 Å². The smallest absolute Gasteiger partial charge is 0.320 e. The van der Waals surface area contributed by atoms with Crippen molar-refractivity contribution in [2.24, 2.45) is 18.9 Å². The van der Waals surface area contributed by atoms with E-state index in [-0.39, 0.29) is 17.7 Å². The highest BCUT2D eigenvalue weighted by Crippen LogP contribution is 2.52. The summed E-state index contributed by atoms with van der Waals surface area (Å²) in [6.07, 6.45) is 1.00. The molecule has 1 atom stereocenters. The lowest BCUT2D eigenvalue weighted by Gasteiger charge is -2.46. The molecule has 224 valence electrons. The van der Waals surface area contributed by atoms with Gasteiger partial charge in [0, 0.05) is 25.7 Å². The van der Waals surface area contributed by atoms with Crippen molar-refractivity contribution < 1.29 is 18.0 Å². The van der Waals surface area contributed by atoms with Crippen LogP contribution in [0.5, 0.6) is 0 Å². The van der Waals surface area contributed by atoms with Gasteiger partial charge in [-0.25, -0.2) is 4.98 Å². The zero-order chi connectivity index (χ0) is 29.8. The van der Waals surface area contributed by atoms with Gasteiger partial charge < -0.3 is 4.57 Å². The fourth-order valence-corrected chi connectivity index (χ4v) is 7.87. The number of thioether (sulfide) groups is 1. The Hall–Kier alpha value is -2.92. The number of nitrogens with zero attached hydrogens (tertiary/aromatic N) is 6. The van der Waals surface area contributed by atoms with E-state index in [1.165, 1.54) is 11.0 Å². The highest BCUT2D eigenvalue weighted by Gasteiger charge is 2.49. The minimum atomic E-state index is -4.57.